The van der Waals surface area contributed by atoms with Crippen molar-refractivity contribution in [1.82, 2.24) is 5.32 Å². The minimum absolute atomic E-state index is 0. The Bertz CT molecular complexity index is 381. The van der Waals surface area contributed by atoms with E-state index in [4.69, 9.17) is 5.73 Å². The van der Waals surface area contributed by atoms with Crippen molar-refractivity contribution in [2.75, 3.05) is 13.1 Å². The number of amides is 1. The van der Waals surface area contributed by atoms with Crippen molar-refractivity contribution in [3.63, 3.8) is 0 Å². The Morgan fingerprint density at radius 3 is 2.41 bits per heavy atom. The van der Waals surface area contributed by atoms with Crippen LogP contribution < -0.4 is 11.1 Å². The number of nitro groups is 1. The second kappa shape index (κ2) is 7.59. The van der Waals surface area contributed by atoms with Gasteiger partial charge in [-0.1, -0.05) is 12.1 Å². The van der Waals surface area contributed by atoms with Crippen LogP contribution in [0.2, 0.25) is 0 Å². The SMILES string of the molecule is Cl.NCC(=O)NCCc1ccc([N+](=O)[O-])cc1. The molecular formula is C10H14ClN3O3. The fourth-order valence-electron chi connectivity index (χ4n) is 1.20. The number of hydrogen-bond donors (Lipinski definition) is 2. The molecule has 0 aromatic heterocycles. The fraction of sp³-hybridized carbons (Fsp3) is 0.300. The molecule has 0 spiro atoms. The number of nitrogens with two attached hydrogens (primary N) is 1. The molecule has 0 heterocycles. The summed E-state index contributed by atoms with van der Waals surface area (Å²) in [5.74, 6) is -0.207. The molecule has 0 saturated heterocycles. The molecule has 1 rings (SSSR count). The van der Waals surface area contributed by atoms with E-state index in [2.05, 4.69) is 5.32 Å². The quantitative estimate of drug-likeness (QED) is 0.599. The number of non-ortho nitro benzene ring substituents is 1. The number of rotatable bonds is 5. The van der Waals surface area contributed by atoms with Crippen LogP contribution in [0.5, 0.6) is 0 Å². The number of nitro benzene ring substituents is 1. The third-order valence-corrected chi connectivity index (χ3v) is 2.07. The van der Waals surface area contributed by atoms with Crippen molar-refractivity contribution < 1.29 is 9.72 Å². The van der Waals surface area contributed by atoms with Gasteiger partial charge in [0.05, 0.1) is 11.5 Å². The number of hydrogen-bond acceptors (Lipinski definition) is 4. The van der Waals surface area contributed by atoms with Gasteiger partial charge < -0.3 is 11.1 Å². The Balaban J connectivity index is 0.00000256. The summed E-state index contributed by atoms with van der Waals surface area (Å²) in [5.41, 5.74) is 6.12. The molecular weight excluding hydrogens is 246 g/mol. The van der Waals surface area contributed by atoms with Gasteiger partial charge >= 0.3 is 0 Å². The van der Waals surface area contributed by atoms with E-state index in [1.54, 1.807) is 12.1 Å². The predicted octanol–water partition coefficient (Wildman–Crippen LogP) is 0.634. The van der Waals surface area contributed by atoms with Gasteiger partial charge in [-0.3, -0.25) is 14.9 Å². The minimum atomic E-state index is -0.444. The zero-order chi connectivity index (χ0) is 12.0. The Hall–Kier alpha value is -1.66. The molecule has 1 amide bonds. The lowest BCUT2D eigenvalue weighted by Gasteiger charge is -2.03. The van der Waals surface area contributed by atoms with E-state index in [0.29, 0.717) is 13.0 Å². The van der Waals surface area contributed by atoms with Crippen LogP contribution in [0.1, 0.15) is 5.56 Å². The number of carbonyl (C=O) groups excluding carboxylic acids is 1. The maximum Gasteiger partial charge on any atom is 0.269 e. The topological polar surface area (TPSA) is 98.3 Å². The molecule has 0 bridgehead atoms. The third-order valence-electron chi connectivity index (χ3n) is 2.07. The van der Waals surface area contributed by atoms with Crippen LogP contribution in [0.25, 0.3) is 0 Å². The summed E-state index contributed by atoms with van der Waals surface area (Å²) in [6.45, 7) is 0.452. The first-order valence-electron chi connectivity index (χ1n) is 4.83. The highest BCUT2D eigenvalue weighted by Gasteiger charge is 2.03. The summed E-state index contributed by atoms with van der Waals surface area (Å²) in [6, 6.07) is 6.24. The molecule has 1 aromatic carbocycles. The van der Waals surface area contributed by atoms with Crippen LogP contribution in [-0.2, 0) is 11.2 Å². The first kappa shape index (κ1) is 15.3. The summed E-state index contributed by atoms with van der Waals surface area (Å²) < 4.78 is 0. The summed E-state index contributed by atoms with van der Waals surface area (Å²) in [7, 11) is 0. The monoisotopic (exact) mass is 259 g/mol. The van der Waals surface area contributed by atoms with Gasteiger partial charge in [0.25, 0.3) is 5.69 Å². The Labute approximate surface area is 105 Å². The fourth-order valence-corrected chi connectivity index (χ4v) is 1.20. The van der Waals surface area contributed by atoms with Gasteiger partial charge in [-0.05, 0) is 12.0 Å². The largest absolute Gasteiger partial charge is 0.355 e. The summed E-state index contributed by atoms with van der Waals surface area (Å²) in [5, 5.41) is 13.0. The van der Waals surface area contributed by atoms with Crippen LogP contribution in [0, 0.1) is 10.1 Å². The normalized spacial score (nSPS) is 9.24. The second-order valence-corrected chi connectivity index (χ2v) is 3.23. The van der Waals surface area contributed by atoms with Gasteiger partial charge in [-0.2, -0.15) is 0 Å². The van der Waals surface area contributed by atoms with E-state index in [1.165, 1.54) is 12.1 Å². The summed E-state index contributed by atoms with van der Waals surface area (Å²) in [6.07, 6.45) is 0.629. The Morgan fingerprint density at radius 2 is 1.94 bits per heavy atom. The molecule has 0 aliphatic heterocycles. The number of benzene rings is 1. The molecule has 0 unspecified atom stereocenters. The van der Waals surface area contributed by atoms with Crippen molar-refractivity contribution in [3.8, 4) is 0 Å². The van der Waals surface area contributed by atoms with E-state index < -0.39 is 4.92 Å². The highest BCUT2D eigenvalue weighted by Crippen LogP contribution is 2.11. The first-order valence-corrected chi connectivity index (χ1v) is 4.83. The van der Waals surface area contributed by atoms with Crippen LogP contribution in [0.4, 0.5) is 5.69 Å². The zero-order valence-electron chi connectivity index (χ0n) is 9.09. The molecule has 7 heteroatoms. The number of nitrogens with zero attached hydrogens (tertiary/aromatic N) is 1. The van der Waals surface area contributed by atoms with Gasteiger partial charge in [0.2, 0.25) is 5.91 Å². The first-order chi connectivity index (χ1) is 7.63. The Morgan fingerprint density at radius 1 is 1.35 bits per heavy atom. The van der Waals surface area contributed by atoms with Gasteiger partial charge in [0.15, 0.2) is 0 Å². The maximum atomic E-state index is 10.8. The predicted molar refractivity (Wildman–Crippen MR) is 66.1 cm³/mol. The molecule has 0 saturated carbocycles. The number of halogens is 1. The molecule has 0 aliphatic rings. The van der Waals surface area contributed by atoms with Crippen molar-refractivity contribution >= 4 is 24.0 Å². The van der Waals surface area contributed by atoms with Crippen LogP contribution in [0.15, 0.2) is 24.3 Å². The lowest BCUT2D eigenvalue weighted by atomic mass is 10.1. The highest BCUT2D eigenvalue weighted by atomic mass is 35.5. The Kier molecular flexibility index (Phi) is 6.85. The van der Waals surface area contributed by atoms with Gasteiger partial charge in [0.1, 0.15) is 0 Å². The number of nitrogens with one attached hydrogen (secondary N) is 1. The van der Waals surface area contributed by atoms with Crippen LogP contribution >= 0.6 is 12.4 Å². The minimum Gasteiger partial charge on any atom is -0.355 e. The zero-order valence-corrected chi connectivity index (χ0v) is 9.90. The lowest BCUT2D eigenvalue weighted by molar-refractivity contribution is -0.384. The van der Waals surface area contributed by atoms with Gasteiger partial charge in [0, 0.05) is 18.7 Å². The molecule has 0 radical (unpaired) electrons. The third kappa shape index (κ3) is 5.28. The average Bonchev–Trinajstić information content (AvgIpc) is 2.29. The van der Waals surface area contributed by atoms with Crippen molar-refractivity contribution in [2.24, 2.45) is 5.73 Å². The highest BCUT2D eigenvalue weighted by molar-refractivity contribution is 5.85. The second-order valence-electron chi connectivity index (χ2n) is 3.23. The van der Waals surface area contributed by atoms with E-state index in [0.717, 1.165) is 5.56 Å². The standard InChI is InChI=1S/C10H13N3O3.ClH/c11-7-10(14)12-6-5-8-1-3-9(4-2-8)13(15)16;/h1-4H,5-7,11H2,(H,12,14);1H. The number of carbonyl (C=O) groups is 1. The molecule has 3 N–H and O–H groups in total. The average molecular weight is 260 g/mol. The maximum absolute atomic E-state index is 10.8. The molecule has 0 atom stereocenters. The lowest BCUT2D eigenvalue weighted by Crippen LogP contribution is -2.31. The molecule has 0 fully saturated rings. The van der Waals surface area contributed by atoms with Crippen LogP contribution in [0.3, 0.4) is 0 Å². The van der Waals surface area contributed by atoms with E-state index in [-0.39, 0.29) is 30.5 Å². The molecule has 1 aromatic rings. The molecule has 6 nitrogen and oxygen atoms in total. The van der Waals surface area contributed by atoms with E-state index >= 15 is 0 Å². The van der Waals surface area contributed by atoms with Gasteiger partial charge in [-0.25, -0.2) is 0 Å². The summed E-state index contributed by atoms with van der Waals surface area (Å²) >= 11 is 0. The van der Waals surface area contributed by atoms with Crippen molar-refractivity contribution in [1.29, 1.82) is 0 Å². The molecule has 0 aliphatic carbocycles. The van der Waals surface area contributed by atoms with Gasteiger partial charge in [-0.15, -0.1) is 12.4 Å². The van der Waals surface area contributed by atoms with Crippen LogP contribution in [-0.4, -0.2) is 23.9 Å². The molecule has 17 heavy (non-hydrogen) atoms. The van der Waals surface area contributed by atoms with E-state index in [9.17, 15) is 14.9 Å². The smallest absolute Gasteiger partial charge is 0.269 e. The molecule has 94 valence electrons. The van der Waals surface area contributed by atoms with Crippen molar-refractivity contribution in [2.45, 2.75) is 6.42 Å². The van der Waals surface area contributed by atoms with E-state index in [1.807, 2.05) is 0 Å². The summed E-state index contributed by atoms with van der Waals surface area (Å²) in [4.78, 5) is 20.8. The van der Waals surface area contributed by atoms with Crippen molar-refractivity contribution in [3.05, 3.63) is 39.9 Å².